The average Bonchev–Trinajstić information content (AvgIpc) is 2.10. The van der Waals surface area contributed by atoms with Crippen molar-refractivity contribution < 1.29 is 14.7 Å². The molecule has 0 aromatic carbocycles. The van der Waals surface area contributed by atoms with E-state index in [0.717, 1.165) is 6.42 Å². The van der Waals surface area contributed by atoms with Crippen LogP contribution in [0.5, 0.6) is 0 Å². The van der Waals surface area contributed by atoms with Crippen molar-refractivity contribution in [3.8, 4) is 0 Å². The third kappa shape index (κ3) is 4.45. The Bertz CT molecular complexity index is 238. The maximum absolute atomic E-state index is 11.7. The Balaban J connectivity index is 4.57. The van der Waals surface area contributed by atoms with Crippen molar-refractivity contribution in [1.82, 2.24) is 0 Å². The summed E-state index contributed by atoms with van der Waals surface area (Å²) in [5.41, 5.74) is -0.443. The van der Waals surface area contributed by atoms with Gasteiger partial charge in [-0.2, -0.15) is 0 Å². The van der Waals surface area contributed by atoms with Gasteiger partial charge in [0, 0.05) is 11.8 Å². The molecule has 0 aliphatic rings. The summed E-state index contributed by atoms with van der Waals surface area (Å²) in [5.74, 6) is -1.33. The third-order valence-corrected chi connectivity index (χ3v) is 2.89. The van der Waals surface area contributed by atoms with Gasteiger partial charge in [-0.25, -0.2) is 0 Å². The van der Waals surface area contributed by atoms with Crippen molar-refractivity contribution in [2.75, 3.05) is 0 Å². The SMILES string of the molecule is CC[C@H](C)[C@H](CC(=O)C(C)(C)C)C(=O)O. The van der Waals surface area contributed by atoms with Gasteiger partial charge >= 0.3 is 5.97 Å². The highest BCUT2D eigenvalue weighted by Crippen LogP contribution is 2.25. The van der Waals surface area contributed by atoms with E-state index >= 15 is 0 Å². The number of aliphatic carboxylic acids is 1. The lowest BCUT2D eigenvalue weighted by molar-refractivity contribution is -0.146. The molecule has 0 saturated heterocycles. The predicted molar refractivity (Wildman–Crippen MR) is 59.7 cm³/mol. The number of carboxylic acids is 1. The minimum atomic E-state index is -0.859. The summed E-state index contributed by atoms with van der Waals surface area (Å²) >= 11 is 0. The van der Waals surface area contributed by atoms with E-state index in [2.05, 4.69) is 0 Å². The molecule has 0 aromatic rings. The third-order valence-electron chi connectivity index (χ3n) is 2.89. The minimum Gasteiger partial charge on any atom is -0.481 e. The van der Waals surface area contributed by atoms with Crippen LogP contribution in [0.25, 0.3) is 0 Å². The van der Waals surface area contributed by atoms with Crippen molar-refractivity contribution in [3.05, 3.63) is 0 Å². The van der Waals surface area contributed by atoms with Gasteiger partial charge in [0.1, 0.15) is 5.78 Å². The van der Waals surface area contributed by atoms with Crippen molar-refractivity contribution in [2.45, 2.75) is 47.5 Å². The fraction of sp³-hybridized carbons (Fsp3) is 0.833. The van der Waals surface area contributed by atoms with Gasteiger partial charge in [-0.15, -0.1) is 0 Å². The smallest absolute Gasteiger partial charge is 0.307 e. The fourth-order valence-electron chi connectivity index (χ4n) is 1.32. The number of carbonyl (C=O) groups is 2. The van der Waals surface area contributed by atoms with Gasteiger partial charge in [-0.05, 0) is 5.92 Å². The lowest BCUT2D eigenvalue weighted by atomic mass is 9.80. The Morgan fingerprint density at radius 3 is 2.00 bits per heavy atom. The number of Topliss-reactive ketones (excluding diaryl/α,β-unsaturated/α-hetero) is 1. The van der Waals surface area contributed by atoms with E-state index in [4.69, 9.17) is 5.11 Å². The van der Waals surface area contributed by atoms with E-state index in [0.29, 0.717) is 0 Å². The second-order valence-corrected chi connectivity index (χ2v) is 5.21. The summed E-state index contributed by atoms with van der Waals surface area (Å²) in [7, 11) is 0. The number of rotatable bonds is 5. The topological polar surface area (TPSA) is 54.4 Å². The van der Waals surface area contributed by atoms with Gasteiger partial charge in [0.05, 0.1) is 5.92 Å². The molecule has 1 N–H and O–H groups in total. The molecule has 0 heterocycles. The second kappa shape index (κ2) is 5.29. The van der Waals surface area contributed by atoms with Gasteiger partial charge in [-0.1, -0.05) is 41.0 Å². The number of hydrogen-bond donors (Lipinski definition) is 1. The standard InChI is InChI=1S/C12H22O3/c1-6-8(2)9(11(14)15)7-10(13)12(3,4)5/h8-9H,6-7H2,1-5H3,(H,14,15)/t8-,9-/m0/s1. The first-order valence-corrected chi connectivity index (χ1v) is 5.46. The summed E-state index contributed by atoms with van der Waals surface area (Å²) in [4.78, 5) is 22.7. The average molecular weight is 214 g/mol. The summed E-state index contributed by atoms with van der Waals surface area (Å²) in [5, 5.41) is 9.04. The molecule has 15 heavy (non-hydrogen) atoms. The molecule has 0 radical (unpaired) electrons. The molecule has 0 fully saturated rings. The highest BCUT2D eigenvalue weighted by molar-refractivity contribution is 5.87. The number of carbonyl (C=O) groups excluding carboxylic acids is 1. The Morgan fingerprint density at radius 2 is 1.73 bits per heavy atom. The van der Waals surface area contributed by atoms with Crippen LogP contribution in [0.3, 0.4) is 0 Å². The zero-order valence-electron chi connectivity index (χ0n) is 10.3. The molecule has 0 aromatic heterocycles. The molecular weight excluding hydrogens is 192 g/mol. The van der Waals surface area contributed by atoms with Crippen molar-refractivity contribution >= 4 is 11.8 Å². The monoisotopic (exact) mass is 214 g/mol. The van der Waals surface area contributed by atoms with E-state index in [1.54, 1.807) is 0 Å². The molecule has 0 saturated carbocycles. The Labute approximate surface area is 91.9 Å². The highest BCUT2D eigenvalue weighted by atomic mass is 16.4. The van der Waals surface area contributed by atoms with Crippen LogP contribution in [-0.4, -0.2) is 16.9 Å². The number of carboxylic acid groups (broad SMARTS) is 1. The van der Waals surface area contributed by atoms with E-state index in [-0.39, 0.29) is 18.1 Å². The number of hydrogen-bond acceptors (Lipinski definition) is 2. The van der Waals surface area contributed by atoms with Crippen LogP contribution in [0.2, 0.25) is 0 Å². The maximum atomic E-state index is 11.7. The van der Waals surface area contributed by atoms with Crippen LogP contribution >= 0.6 is 0 Å². The molecule has 0 bridgehead atoms. The normalized spacial score (nSPS) is 15.8. The lowest BCUT2D eigenvalue weighted by Gasteiger charge is -2.22. The molecule has 3 heteroatoms. The Morgan fingerprint density at radius 1 is 1.27 bits per heavy atom. The zero-order valence-corrected chi connectivity index (χ0v) is 10.3. The second-order valence-electron chi connectivity index (χ2n) is 5.21. The van der Waals surface area contributed by atoms with Crippen molar-refractivity contribution in [3.63, 3.8) is 0 Å². The summed E-state index contributed by atoms with van der Waals surface area (Å²) < 4.78 is 0. The van der Waals surface area contributed by atoms with Gasteiger partial charge in [0.15, 0.2) is 0 Å². The first-order valence-electron chi connectivity index (χ1n) is 5.46. The molecule has 0 spiro atoms. The molecule has 3 nitrogen and oxygen atoms in total. The lowest BCUT2D eigenvalue weighted by Crippen LogP contribution is -2.29. The van der Waals surface area contributed by atoms with Crippen LogP contribution < -0.4 is 0 Å². The van der Waals surface area contributed by atoms with Gasteiger partial charge in [0.25, 0.3) is 0 Å². The molecule has 88 valence electrons. The first kappa shape index (κ1) is 14.1. The molecule has 0 unspecified atom stereocenters. The largest absolute Gasteiger partial charge is 0.481 e. The van der Waals surface area contributed by atoms with E-state index in [9.17, 15) is 9.59 Å². The van der Waals surface area contributed by atoms with E-state index < -0.39 is 17.3 Å². The Kier molecular flexibility index (Phi) is 4.98. The number of ketones is 1. The molecule has 0 rings (SSSR count). The predicted octanol–water partition coefficient (Wildman–Crippen LogP) is 2.74. The van der Waals surface area contributed by atoms with Gasteiger partial charge in [-0.3, -0.25) is 9.59 Å². The van der Waals surface area contributed by atoms with Crippen molar-refractivity contribution in [2.24, 2.45) is 17.3 Å². The van der Waals surface area contributed by atoms with Gasteiger partial charge in [0.2, 0.25) is 0 Å². The van der Waals surface area contributed by atoms with Crippen molar-refractivity contribution in [1.29, 1.82) is 0 Å². The highest BCUT2D eigenvalue weighted by Gasteiger charge is 2.30. The van der Waals surface area contributed by atoms with E-state index in [1.165, 1.54) is 0 Å². The molecule has 0 aliphatic carbocycles. The van der Waals surface area contributed by atoms with Crippen LogP contribution in [0.15, 0.2) is 0 Å². The summed E-state index contributed by atoms with van der Waals surface area (Å²) in [6, 6.07) is 0. The van der Waals surface area contributed by atoms with Crippen LogP contribution in [0.1, 0.15) is 47.5 Å². The van der Waals surface area contributed by atoms with E-state index in [1.807, 2.05) is 34.6 Å². The molecule has 2 atom stereocenters. The first-order chi connectivity index (χ1) is 6.70. The zero-order chi connectivity index (χ0) is 12.2. The minimum absolute atomic E-state index is 0.0233. The quantitative estimate of drug-likeness (QED) is 0.765. The molecule has 0 aliphatic heterocycles. The van der Waals surface area contributed by atoms with Crippen LogP contribution in [-0.2, 0) is 9.59 Å². The maximum Gasteiger partial charge on any atom is 0.307 e. The van der Waals surface area contributed by atoms with Crippen LogP contribution in [0.4, 0.5) is 0 Å². The molecule has 0 amide bonds. The fourth-order valence-corrected chi connectivity index (χ4v) is 1.32. The van der Waals surface area contributed by atoms with Gasteiger partial charge < -0.3 is 5.11 Å². The summed E-state index contributed by atoms with van der Waals surface area (Å²) in [6.45, 7) is 9.30. The summed E-state index contributed by atoms with van der Waals surface area (Å²) in [6.07, 6.45) is 0.933. The molecular formula is C12H22O3. The van der Waals surface area contributed by atoms with Crippen LogP contribution in [0, 0.1) is 17.3 Å². The Hall–Kier alpha value is -0.860.